The SMILES string of the molecule is CCCCCCCCCCCCCCCCC1(CCCCCCCCCCCCCCCC)c2cc(C)sc2-c2sc(C3=C4C(=S)SC(C)=C4C(=S)S3)cc21. The van der Waals surface area contributed by atoms with Gasteiger partial charge in [0.2, 0.25) is 0 Å². The summed E-state index contributed by atoms with van der Waals surface area (Å²) < 4.78 is 2.04. The lowest BCUT2D eigenvalue weighted by Crippen LogP contribution is -2.25. The standard InChI is InChI=1S/C49H74S6/c1-5-7-9-11-13-15-17-19-21-23-25-27-29-31-33-49(34-32-30-28-26-24-22-20-18-16-14-12-10-8-6-2)39-35-37(3)52-44(39)45-40(49)36-41(54-45)46-43-42(47(50)55-46)38(4)53-48(43)51/h35-36H,5-34H2,1-4H3. The van der Waals surface area contributed by atoms with Crippen molar-refractivity contribution in [3.8, 4) is 9.75 Å². The highest BCUT2D eigenvalue weighted by atomic mass is 32.2. The average Bonchev–Trinajstić information content (AvgIpc) is 3.97. The molecule has 2 aromatic heterocycles. The summed E-state index contributed by atoms with van der Waals surface area (Å²) in [6.07, 6.45) is 42.3. The number of hydrogen-bond donors (Lipinski definition) is 0. The number of hydrogen-bond acceptors (Lipinski definition) is 6. The van der Waals surface area contributed by atoms with E-state index < -0.39 is 0 Å². The second-order valence-corrected chi connectivity index (χ2v) is 23.0. The lowest BCUT2D eigenvalue weighted by Gasteiger charge is -2.31. The third kappa shape index (κ3) is 12.9. The lowest BCUT2D eigenvalue weighted by atomic mass is 9.71. The maximum Gasteiger partial charge on any atom is 0.0841 e. The summed E-state index contributed by atoms with van der Waals surface area (Å²) in [6, 6.07) is 5.21. The van der Waals surface area contributed by atoms with Crippen LogP contribution < -0.4 is 0 Å². The van der Waals surface area contributed by atoms with Crippen LogP contribution in [0.4, 0.5) is 0 Å². The third-order valence-corrected chi connectivity index (χ3v) is 18.0. The van der Waals surface area contributed by atoms with E-state index in [9.17, 15) is 0 Å². The molecule has 2 aliphatic heterocycles. The van der Waals surface area contributed by atoms with Gasteiger partial charge in [-0.25, -0.2) is 0 Å². The molecule has 0 amide bonds. The van der Waals surface area contributed by atoms with Gasteiger partial charge in [0.25, 0.3) is 0 Å². The van der Waals surface area contributed by atoms with E-state index in [0.717, 1.165) is 8.39 Å². The minimum absolute atomic E-state index is 0.160. The molecule has 0 saturated heterocycles. The van der Waals surface area contributed by atoms with Gasteiger partial charge in [-0.05, 0) is 54.9 Å². The summed E-state index contributed by atoms with van der Waals surface area (Å²) in [4.78, 5) is 8.64. The number of aryl methyl sites for hydroxylation is 1. The molecule has 0 atom stereocenters. The summed E-state index contributed by atoms with van der Waals surface area (Å²) in [5, 5.41) is 0. The largest absolute Gasteiger partial charge is 0.139 e. The van der Waals surface area contributed by atoms with Gasteiger partial charge in [0.05, 0.1) is 8.39 Å². The van der Waals surface area contributed by atoms with E-state index >= 15 is 0 Å². The first-order valence-electron chi connectivity index (χ1n) is 23.1. The van der Waals surface area contributed by atoms with Crippen LogP contribution in [0, 0.1) is 6.92 Å². The molecule has 55 heavy (non-hydrogen) atoms. The number of unbranched alkanes of at least 4 members (excludes halogenated alkanes) is 26. The van der Waals surface area contributed by atoms with Crippen LogP contribution in [-0.2, 0) is 5.41 Å². The van der Waals surface area contributed by atoms with Crippen molar-refractivity contribution in [3.63, 3.8) is 0 Å². The molecule has 306 valence electrons. The van der Waals surface area contributed by atoms with Crippen LogP contribution in [0.2, 0.25) is 0 Å². The topological polar surface area (TPSA) is 0 Å². The predicted molar refractivity (Wildman–Crippen MR) is 263 cm³/mol. The van der Waals surface area contributed by atoms with Crippen LogP contribution in [0.1, 0.15) is 234 Å². The maximum absolute atomic E-state index is 5.94. The Labute approximate surface area is 365 Å². The van der Waals surface area contributed by atoms with Crippen molar-refractivity contribution in [3.05, 3.63) is 49.1 Å². The van der Waals surface area contributed by atoms with E-state index in [-0.39, 0.29) is 5.41 Å². The van der Waals surface area contributed by atoms with Crippen molar-refractivity contribution in [1.29, 1.82) is 0 Å². The van der Waals surface area contributed by atoms with Gasteiger partial charge in [0, 0.05) is 41.0 Å². The molecule has 3 aliphatic rings. The van der Waals surface area contributed by atoms with Gasteiger partial charge < -0.3 is 0 Å². The Hall–Kier alpha value is -0.240. The van der Waals surface area contributed by atoms with Crippen molar-refractivity contribution in [2.24, 2.45) is 0 Å². The van der Waals surface area contributed by atoms with Crippen molar-refractivity contribution in [2.75, 3.05) is 0 Å². The third-order valence-electron chi connectivity index (χ3n) is 12.6. The fourth-order valence-corrected chi connectivity index (χ4v) is 15.4. The zero-order valence-electron chi connectivity index (χ0n) is 35.3. The van der Waals surface area contributed by atoms with E-state index in [4.69, 9.17) is 24.4 Å². The highest BCUT2D eigenvalue weighted by Gasteiger charge is 2.46. The molecule has 6 heteroatoms. The average molecular weight is 856 g/mol. The summed E-state index contributed by atoms with van der Waals surface area (Å²) in [7, 11) is 0. The van der Waals surface area contributed by atoms with Crippen LogP contribution in [-0.4, -0.2) is 8.39 Å². The van der Waals surface area contributed by atoms with E-state index in [2.05, 4.69) is 39.8 Å². The van der Waals surface area contributed by atoms with Gasteiger partial charge in [-0.15, -0.1) is 22.7 Å². The van der Waals surface area contributed by atoms with E-state index in [1.165, 1.54) is 223 Å². The minimum Gasteiger partial charge on any atom is -0.139 e. The van der Waals surface area contributed by atoms with Crippen LogP contribution in [0.3, 0.4) is 0 Å². The van der Waals surface area contributed by atoms with Gasteiger partial charge in [-0.1, -0.05) is 242 Å². The van der Waals surface area contributed by atoms with Crippen molar-refractivity contribution >= 4 is 83.9 Å². The van der Waals surface area contributed by atoms with Crippen LogP contribution in [0.25, 0.3) is 14.7 Å². The van der Waals surface area contributed by atoms with Crippen molar-refractivity contribution in [1.82, 2.24) is 0 Å². The number of thiophene rings is 2. The molecule has 2 aromatic rings. The number of thioether (sulfide) groups is 2. The minimum atomic E-state index is 0.160. The molecule has 4 heterocycles. The molecule has 0 spiro atoms. The molecule has 1 aliphatic carbocycles. The Morgan fingerprint density at radius 3 is 1.29 bits per heavy atom. The summed E-state index contributed by atoms with van der Waals surface area (Å²) in [6.45, 7) is 9.16. The molecule has 0 saturated carbocycles. The first kappa shape index (κ1) is 45.8. The number of rotatable bonds is 31. The monoisotopic (exact) mass is 854 g/mol. The molecule has 5 rings (SSSR count). The van der Waals surface area contributed by atoms with Gasteiger partial charge in [-0.2, -0.15) is 0 Å². The van der Waals surface area contributed by atoms with Crippen LogP contribution >= 0.6 is 70.6 Å². The molecule has 0 nitrogen and oxygen atoms in total. The molecule has 0 radical (unpaired) electrons. The highest BCUT2D eigenvalue weighted by Crippen LogP contribution is 2.62. The number of thiocarbonyl (C=S) groups is 2. The molecule has 0 N–H and O–H groups in total. The van der Waals surface area contributed by atoms with Gasteiger partial charge in [0.15, 0.2) is 0 Å². The smallest absolute Gasteiger partial charge is 0.0841 e. The predicted octanol–water partition coefficient (Wildman–Crippen LogP) is 19.3. The Balaban J connectivity index is 1.17. The zero-order valence-corrected chi connectivity index (χ0v) is 40.2. The second-order valence-electron chi connectivity index (χ2n) is 17.1. The maximum atomic E-state index is 5.94. The molecule has 0 fully saturated rings. The van der Waals surface area contributed by atoms with E-state index in [1.807, 2.05) is 22.7 Å². The first-order chi connectivity index (χ1) is 26.9. The summed E-state index contributed by atoms with van der Waals surface area (Å²) >= 11 is 19.5. The molecular formula is C49H74S6. The fourth-order valence-electron chi connectivity index (χ4n) is 9.46. The van der Waals surface area contributed by atoms with E-state index in [1.54, 1.807) is 44.4 Å². The lowest BCUT2D eigenvalue weighted by molar-refractivity contribution is 0.397. The number of fused-ring (bicyclic) bond motifs is 4. The molecule has 0 aromatic carbocycles. The zero-order chi connectivity index (χ0) is 38.9. The summed E-state index contributed by atoms with van der Waals surface area (Å²) in [5.74, 6) is 0. The number of allylic oxidation sites excluding steroid dienone is 1. The van der Waals surface area contributed by atoms with E-state index in [0.29, 0.717) is 0 Å². The first-order valence-corrected chi connectivity index (χ1v) is 27.1. The normalized spacial score (nSPS) is 15.9. The molecular weight excluding hydrogens is 781 g/mol. The summed E-state index contributed by atoms with van der Waals surface area (Å²) in [5.41, 5.74) is 5.99. The fraction of sp³-hybridized carbons (Fsp3) is 0.714. The molecule has 0 unspecified atom stereocenters. The van der Waals surface area contributed by atoms with Crippen LogP contribution in [0.15, 0.2) is 28.2 Å². The Bertz CT molecular complexity index is 1530. The molecule has 0 bridgehead atoms. The van der Waals surface area contributed by atoms with Crippen molar-refractivity contribution in [2.45, 2.75) is 226 Å². The quantitative estimate of drug-likeness (QED) is 0.0547. The van der Waals surface area contributed by atoms with Gasteiger partial charge in [0.1, 0.15) is 0 Å². The van der Waals surface area contributed by atoms with Crippen molar-refractivity contribution < 1.29 is 0 Å². The Morgan fingerprint density at radius 2 is 0.836 bits per heavy atom. The van der Waals surface area contributed by atoms with Gasteiger partial charge >= 0.3 is 0 Å². The second kappa shape index (κ2) is 24.7. The van der Waals surface area contributed by atoms with Crippen LogP contribution in [0.5, 0.6) is 0 Å². The Morgan fingerprint density at radius 1 is 0.455 bits per heavy atom. The Kier molecular flexibility index (Phi) is 20.6. The van der Waals surface area contributed by atoms with Gasteiger partial charge in [-0.3, -0.25) is 0 Å². The highest BCUT2D eigenvalue weighted by molar-refractivity contribution is 8.32.